The molecule has 0 aliphatic heterocycles. The maximum absolute atomic E-state index is 12.3. The number of carbonyl (C=O) groups excluding carboxylic acids is 2. The van der Waals surface area contributed by atoms with Crippen LogP contribution in [0.4, 0.5) is 0 Å². The Balaban J connectivity index is 2.93. The fourth-order valence-electron chi connectivity index (χ4n) is 1.84. The van der Waals surface area contributed by atoms with Crippen molar-refractivity contribution in [2.75, 3.05) is 13.7 Å². The number of carbonyl (C=O) groups is 3. The molecular weight excluding hydrogens is 262 g/mol. The molecule has 0 aromatic carbocycles. The van der Waals surface area contributed by atoms with Gasteiger partial charge in [-0.2, -0.15) is 0 Å². The monoisotopic (exact) mass is 279 g/mol. The summed E-state index contributed by atoms with van der Waals surface area (Å²) in [5.74, 6) is -2.88. The van der Waals surface area contributed by atoms with E-state index in [4.69, 9.17) is 9.84 Å². The van der Waals surface area contributed by atoms with Crippen LogP contribution < -0.4 is 0 Å². The summed E-state index contributed by atoms with van der Waals surface area (Å²) in [4.78, 5) is 38.8. The minimum absolute atomic E-state index is 0.0374. The molecule has 1 unspecified atom stereocenters. The minimum Gasteiger partial charge on any atom is -0.481 e. The van der Waals surface area contributed by atoms with Gasteiger partial charge in [-0.15, -0.1) is 0 Å². The summed E-state index contributed by atoms with van der Waals surface area (Å²) in [5, 5.41) is 8.70. The summed E-state index contributed by atoms with van der Waals surface area (Å²) >= 11 is 0. The van der Waals surface area contributed by atoms with Gasteiger partial charge >= 0.3 is 5.97 Å². The lowest BCUT2D eigenvalue weighted by atomic mass is 9.90. The van der Waals surface area contributed by atoms with Gasteiger partial charge in [-0.1, -0.05) is 0 Å². The van der Waals surface area contributed by atoms with E-state index in [2.05, 4.69) is 4.98 Å². The van der Waals surface area contributed by atoms with E-state index < -0.39 is 23.5 Å². The number of aromatic nitrogens is 1. The van der Waals surface area contributed by atoms with Crippen LogP contribution in [0.15, 0.2) is 18.5 Å². The van der Waals surface area contributed by atoms with Crippen molar-refractivity contribution in [3.8, 4) is 0 Å². The van der Waals surface area contributed by atoms with Crippen molar-refractivity contribution in [1.82, 2.24) is 4.98 Å². The maximum Gasteiger partial charge on any atom is 0.303 e. The number of pyridine rings is 1. The Morgan fingerprint density at radius 2 is 2.05 bits per heavy atom. The van der Waals surface area contributed by atoms with E-state index in [1.807, 2.05) is 0 Å². The van der Waals surface area contributed by atoms with Crippen LogP contribution >= 0.6 is 0 Å². The third-order valence-corrected chi connectivity index (χ3v) is 2.80. The summed E-state index contributed by atoms with van der Waals surface area (Å²) in [6, 6.07) is 1.63. The molecule has 1 heterocycles. The molecule has 108 valence electrons. The predicted molar refractivity (Wildman–Crippen MR) is 70.5 cm³/mol. The molecule has 0 aliphatic carbocycles. The summed E-state index contributed by atoms with van der Waals surface area (Å²) < 4.78 is 4.74. The molecule has 0 radical (unpaired) electrons. The Bertz CT molecular complexity index is 512. The Morgan fingerprint density at radius 3 is 2.60 bits per heavy atom. The molecule has 0 bridgehead atoms. The Morgan fingerprint density at radius 1 is 1.35 bits per heavy atom. The molecule has 1 atom stereocenters. The van der Waals surface area contributed by atoms with Gasteiger partial charge in [0.15, 0.2) is 11.6 Å². The summed E-state index contributed by atoms with van der Waals surface area (Å²) in [6.07, 6.45) is 2.69. The van der Waals surface area contributed by atoms with E-state index in [1.54, 1.807) is 19.2 Å². The van der Waals surface area contributed by atoms with Gasteiger partial charge in [-0.05, 0) is 25.0 Å². The van der Waals surface area contributed by atoms with Crippen LogP contribution in [-0.4, -0.2) is 41.3 Å². The highest BCUT2D eigenvalue weighted by atomic mass is 16.5. The van der Waals surface area contributed by atoms with Crippen LogP contribution in [0.5, 0.6) is 0 Å². The van der Waals surface area contributed by atoms with Gasteiger partial charge in [0.25, 0.3) is 0 Å². The summed E-state index contributed by atoms with van der Waals surface area (Å²) in [7, 11) is 1.35. The second-order valence-electron chi connectivity index (χ2n) is 4.50. The number of hydrogen-bond acceptors (Lipinski definition) is 5. The molecule has 6 nitrogen and oxygen atoms in total. The molecule has 0 saturated heterocycles. The molecule has 0 saturated carbocycles. The first-order valence-electron chi connectivity index (χ1n) is 6.15. The van der Waals surface area contributed by atoms with Crippen molar-refractivity contribution in [2.45, 2.75) is 19.8 Å². The van der Waals surface area contributed by atoms with Crippen molar-refractivity contribution in [1.29, 1.82) is 0 Å². The second-order valence-corrected chi connectivity index (χ2v) is 4.50. The standard InChI is InChI=1S/C14H17NO5/c1-9-5-10(7-15-6-9)14(19)11(3-4-13(17)18)12(16)8-20-2/h5-7,11H,3-4,8H2,1-2H3,(H,17,18). The van der Waals surface area contributed by atoms with Gasteiger partial charge in [0.05, 0.1) is 5.92 Å². The number of ether oxygens (including phenoxy) is 1. The third-order valence-electron chi connectivity index (χ3n) is 2.80. The fourth-order valence-corrected chi connectivity index (χ4v) is 1.84. The number of ketones is 2. The van der Waals surface area contributed by atoms with Gasteiger partial charge in [0.2, 0.25) is 0 Å². The van der Waals surface area contributed by atoms with Crippen LogP contribution in [0.1, 0.15) is 28.8 Å². The topological polar surface area (TPSA) is 93.6 Å². The highest BCUT2D eigenvalue weighted by molar-refractivity contribution is 6.11. The molecule has 1 rings (SSSR count). The van der Waals surface area contributed by atoms with Crippen molar-refractivity contribution >= 4 is 17.5 Å². The summed E-state index contributed by atoms with van der Waals surface area (Å²) in [5.41, 5.74) is 1.11. The fraction of sp³-hybridized carbons (Fsp3) is 0.429. The number of aryl methyl sites for hydroxylation is 1. The van der Waals surface area contributed by atoms with Gasteiger partial charge in [0.1, 0.15) is 6.61 Å². The first-order valence-corrected chi connectivity index (χ1v) is 6.15. The zero-order valence-corrected chi connectivity index (χ0v) is 11.5. The van der Waals surface area contributed by atoms with Gasteiger partial charge in [-0.25, -0.2) is 0 Å². The zero-order chi connectivity index (χ0) is 15.1. The Kier molecular flexibility index (Phi) is 5.99. The predicted octanol–water partition coefficient (Wildman–Crippen LogP) is 1.27. The minimum atomic E-state index is -1.05. The molecule has 6 heteroatoms. The van der Waals surface area contributed by atoms with Gasteiger partial charge in [-0.3, -0.25) is 19.4 Å². The van der Waals surface area contributed by atoms with Crippen molar-refractivity contribution in [3.05, 3.63) is 29.6 Å². The second kappa shape index (κ2) is 7.49. The largest absolute Gasteiger partial charge is 0.481 e. The average Bonchev–Trinajstić information content (AvgIpc) is 2.38. The van der Waals surface area contributed by atoms with Gasteiger partial charge in [0, 0.05) is 31.5 Å². The van der Waals surface area contributed by atoms with Crippen LogP contribution in [-0.2, 0) is 14.3 Å². The molecular formula is C14H17NO5. The van der Waals surface area contributed by atoms with E-state index in [1.165, 1.54) is 13.3 Å². The SMILES string of the molecule is COCC(=O)C(CCC(=O)O)C(=O)c1cncc(C)c1. The smallest absolute Gasteiger partial charge is 0.303 e. The Labute approximate surface area is 116 Å². The number of aliphatic carboxylic acids is 1. The van der Waals surface area contributed by atoms with Crippen molar-refractivity contribution in [2.24, 2.45) is 5.92 Å². The van der Waals surface area contributed by atoms with Crippen molar-refractivity contribution in [3.63, 3.8) is 0 Å². The first kappa shape index (κ1) is 16.0. The molecule has 1 N–H and O–H groups in total. The van der Waals surface area contributed by atoms with Crippen LogP contribution in [0.25, 0.3) is 0 Å². The molecule has 0 aliphatic rings. The number of hydrogen-bond donors (Lipinski definition) is 1. The highest BCUT2D eigenvalue weighted by Crippen LogP contribution is 2.16. The maximum atomic E-state index is 12.3. The van der Waals surface area contributed by atoms with E-state index in [-0.39, 0.29) is 19.4 Å². The van der Waals surface area contributed by atoms with Gasteiger partial charge < -0.3 is 9.84 Å². The van der Waals surface area contributed by atoms with E-state index in [0.29, 0.717) is 5.56 Å². The first-order chi connectivity index (χ1) is 9.45. The van der Waals surface area contributed by atoms with E-state index in [0.717, 1.165) is 5.56 Å². The lowest BCUT2D eigenvalue weighted by molar-refractivity contribution is -0.137. The number of rotatable bonds is 8. The number of carboxylic acid groups (broad SMARTS) is 1. The van der Waals surface area contributed by atoms with E-state index in [9.17, 15) is 14.4 Å². The normalized spacial score (nSPS) is 11.9. The number of methoxy groups -OCH3 is 1. The number of Topliss-reactive ketones (excluding diaryl/α,β-unsaturated/α-hetero) is 2. The lowest BCUT2D eigenvalue weighted by Crippen LogP contribution is -2.28. The summed E-state index contributed by atoms with van der Waals surface area (Å²) in [6.45, 7) is 1.57. The molecule has 1 aromatic heterocycles. The highest BCUT2D eigenvalue weighted by Gasteiger charge is 2.28. The Hall–Kier alpha value is -2.08. The average molecular weight is 279 g/mol. The van der Waals surface area contributed by atoms with Crippen LogP contribution in [0.3, 0.4) is 0 Å². The van der Waals surface area contributed by atoms with Crippen LogP contribution in [0, 0.1) is 12.8 Å². The quantitative estimate of drug-likeness (QED) is 0.569. The lowest BCUT2D eigenvalue weighted by Gasteiger charge is -2.13. The zero-order valence-electron chi connectivity index (χ0n) is 11.5. The molecule has 0 spiro atoms. The van der Waals surface area contributed by atoms with E-state index >= 15 is 0 Å². The molecule has 1 aromatic rings. The van der Waals surface area contributed by atoms with Crippen molar-refractivity contribution < 1.29 is 24.2 Å². The molecule has 0 fully saturated rings. The third kappa shape index (κ3) is 4.55. The molecule has 20 heavy (non-hydrogen) atoms. The molecule has 0 amide bonds. The van der Waals surface area contributed by atoms with Crippen LogP contribution in [0.2, 0.25) is 0 Å². The number of carboxylic acids is 1. The number of nitrogens with zero attached hydrogens (tertiary/aromatic N) is 1.